The Morgan fingerprint density at radius 1 is 1.26 bits per heavy atom. The molecule has 0 N–H and O–H groups in total. The molecule has 1 atom stereocenters. The average Bonchev–Trinajstić information content (AvgIpc) is 2.55. The van der Waals surface area contributed by atoms with Crippen molar-refractivity contribution in [2.24, 2.45) is 0 Å². The van der Waals surface area contributed by atoms with Crippen molar-refractivity contribution in [3.63, 3.8) is 0 Å². The van der Waals surface area contributed by atoms with Gasteiger partial charge in [-0.3, -0.25) is 4.98 Å². The van der Waals surface area contributed by atoms with Crippen molar-refractivity contribution in [2.75, 3.05) is 24.6 Å². The minimum atomic E-state index is -0.113. The van der Waals surface area contributed by atoms with E-state index in [0.29, 0.717) is 0 Å². The van der Waals surface area contributed by atoms with E-state index in [1.165, 1.54) is 0 Å². The van der Waals surface area contributed by atoms with Gasteiger partial charge in [0.25, 0.3) is 0 Å². The first kappa shape index (κ1) is 14.4. The second-order valence-corrected chi connectivity index (χ2v) is 6.34. The van der Waals surface area contributed by atoms with Crippen molar-refractivity contribution in [3.8, 4) is 5.75 Å². The zero-order valence-corrected chi connectivity index (χ0v) is 13.2. The predicted molar refractivity (Wildman–Crippen MR) is 85.6 cm³/mol. The number of hydrogen-bond donors (Lipinski definition) is 0. The van der Waals surface area contributed by atoms with E-state index in [-0.39, 0.29) is 11.7 Å². The molecule has 2 fully saturated rings. The molecule has 0 amide bonds. The Labute approximate surface area is 135 Å². The van der Waals surface area contributed by atoms with Gasteiger partial charge >= 0.3 is 0 Å². The molecule has 0 saturated carbocycles. The highest BCUT2D eigenvalue weighted by Gasteiger charge is 2.48. The molecule has 0 aromatic carbocycles. The molecule has 2 saturated heterocycles. The van der Waals surface area contributed by atoms with Crippen LogP contribution in [-0.4, -0.2) is 46.6 Å². The molecule has 6 nitrogen and oxygen atoms in total. The number of hydrogen-bond acceptors (Lipinski definition) is 6. The lowest BCUT2D eigenvalue weighted by Gasteiger charge is -2.53. The minimum absolute atomic E-state index is 0.113. The van der Waals surface area contributed by atoms with E-state index < -0.39 is 0 Å². The van der Waals surface area contributed by atoms with Crippen LogP contribution in [0.3, 0.4) is 0 Å². The van der Waals surface area contributed by atoms with E-state index in [2.05, 4.69) is 20.1 Å². The first-order valence-corrected chi connectivity index (χ1v) is 7.98. The summed E-state index contributed by atoms with van der Waals surface area (Å²) in [7, 11) is 0. The third-order valence-electron chi connectivity index (χ3n) is 4.45. The summed E-state index contributed by atoms with van der Waals surface area (Å²) in [4.78, 5) is 6.31. The maximum atomic E-state index is 6.06. The van der Waals surface area contributed by atoms with E-state index in [0.717, 1.165) is 49.8 Å². The number of anilines is 1. The van der Waals surface area contributed by atoms with Gasteiger partial charge in [0.1, 0.15) is 17.5 Å². The molecule has 2 aliphatic heterocycles. The molecular weight excluding hydrogens is 292 g/mol. The maximum absolute atomic E-state index is 6.06. The molecule has 2 aliphatic rings. The summed E-state index contributed by atoms with van der Waals surface area (Å²) < 4.78 is 12.1. The van der Waals surface area contributed by atoms with Gasteiger partial charge in [-0.1, -0.05) is 0 Å². The first-order chi connectivity index (χ1) is 11.2. The van der Waals surface area contributed by atoms with Crippen molar-refractivity contribution in [3.05, 3.63) is 42.4 Å². The zero-order valence-electron chi connectivity index (χ0n) is 13.2. The highest BCUT2D eigenvalue weighted by Crippen LogP contribution is 2.37. The van der Waals surface area contributed by atoms with Crippen molar-refractivity contribution < 1.29 is 9.47 Å². The van der Waals surface area contributed by atoms with Crippen LogP contribution in [0, 0.1) is 6.92 Å². The molecule has 2 aromatic rings. The SMILES string of the molecule is Cc1ccc(N2CC3(CC(Oc4cccnc4)CCO3)C2)nn1. The molecule has 6 heteroatoms. The molecule has 120 valence electrons. The number of aryl methyl sites for hydroxylation is 1. The second-order valence-electron chi connectivity index (χ2n) is 6.34. The van der Waals surface area contributed by atoms with Crippen LogP contribution in [-0.2, 0) is 4.74 Å². The Hall–Kier alpha value is -2.21. The summed E-state index contributed by atoms with van der Waals surface area (Å²) in [6, 6.07) is 7.85. The van der Waals surface area contributed by atoms with Crippen molar-refractivity contribution >= 4 is 5.82 Å². The Bertz CT molecular complexity index is 656. The number of aromatic nitrogens is 3. The van der Waals surface area contributed by atoms with Gasteiger partial charge in [0.05, 0.1) is 31.6 Å². The standard InChI is InChI=1S/C17H20N4O2/c1-13-4-5-16(20-19-13)21-11-17(12-21)9-14(6-8-22-17)23-15-3-2-7-18-10-15/h2-5,7,10,14H,6,8-9,11-12H2,1H3. The molecule has 23 heavy (non-hydrogen) atoms. The molecule has 2 aromatic heterocycles. The molecule has 4 rings (SSSR count). The van der Waals surface area contributed by atoms with Crippen LogP contribution >= 0.6 is 0 Å². The van der Waals surface area contributed by atoms with Gasteiger partial charge in [-0.25, -0.2) is 0 Å². The smallest absolute Gasteiger partial charge is 0.151 e. The summed E-state index contributed by atoms with van der Waals surface area (Å²) in [5, 5.41) is 8.37. The lowest BCUT2D eigenvalue weighted by molar-refractivity contribution is -0.126. The van der Waals surface area contributed by atoms with E-state index in [1.807, 2.05) is 31.2 Å². The Balaban J connectivity index is 1.38. The topological polar surface area (TPSA) is 60.4 Å². The van der Waals surface area contributed by atoms with E-state index in [9.17, 15) is 0 Å². The van der Waals surface area contributed by atoms with Crippen LogP contribution < -0.4 is 9.64 Å². The summed E-state index contributed by atoms with van der Waals surface area (Å²) >= 11 is 0. The monoisotopic (exact) mass is 312 g/mol. The van der Waals surface area contributed by atoms with Gasteiger partial charge in [0, 0.05) is 19.0 Å². The lowest BCUT2D eigenvalue weighted by atomic mass is 9.84. The average molecular weight is 312 g/mol. The summed E-state index contributed by atoms with van der Waals surface area (Å²) in [5.41, 5.74) is 0.820. The second kappa shape index (κ2) is 5.77. The van der Waals surface area contributed by atoms with Crippen molar-refractivity contribution in [1.29, 1.82) is 0 Å². The van der Waals surface area contributed by atoms with Gasteiger partial charge in [0.15, 0.2) is 5.82 Å². The molecule has 4 heterocycles. The van der Waals surface area contributed by atoms with E-state index in [1.54, 1.807) is 12.4 Å². The minimum Gasteiger partial charge on any atom is -0.489 e. The molecule has 1 spiro atoms. The van der Waals surface area contributed by atoms with Crippen LogP contribution in [0.1, 0.15) is 18.5 Å². The third-order valence-corrected chi connectivity index (χ3v) is 4.45. The summed E-state index contributed by atoms with van der Waals surface area (Å²) in [6.45, 7) is 4.37. The molecule has 0 aliphatic carbocycles. The number of rotatable bonds is 3. The van der Waals surface area contributed by atoms with Gasteiger partial charge in [-0.15, -0.1) is 5.10 Å². The van der Waals surface area contributed by atoms with Crippen molar-refractivity contribution in [2.45, 2.75) is 31.5 Å². The van der Waals surface area contributed by atoms with E-state index in [4.69, 9.17) is 9.47 Å². The fourth-order valence-electron chi connectivity index (χ4n) is 3.28. The van der Waals surface area contributed by atoms with Crippen LogP contribution in [0.4, 0.5) is 5.82 Å². The quantitative estimate of drug-likeness (QED) is 0.864. The summed E-state index contributed by atoms with van der Waals surface area (Å²) in [6.07, 6.45) is 5.51. The van der Waals surface area contributed by atoms with Gasteiger partial charge in [-0.2, -0.15) is 5.10 Å². The molecular formula is C17H20N4O2. The number of nitrogens with zero attached hydrogens (tertiary/aromatic N) is 4. The fourth-order valence-corrected chi connectivity index (χ4v) is 3.28. The number of ether oxygens (including phenoxy) is 2. The largest absolute Gasteiger partial charge is 0.489 e. The van der Waals surface area contributed by atoms with Crippen molar-refractivity contribution in [1.82, 2.24) is 15.2 Å². The maximum Gasteiger partial charge on any atom is 0.151 e. The van der Waals surface area contributed by atoms with Crippen LogP contribution in [0.2, 0.25) is 0 Å². The van der Waals surface area contributed by atoms with Crippen LogP contribution in [0.15, 0.2) is 36.7 Å². The Morgan fingerprint density at radius 2 is 2.17 bits per heavy atom. The van der Waals surface area contributed by atoms with Crippen LogP contribution in [0.5, 0.6) is 5.75 Å². The van der Waals surface area contributed by atoms with Crippen LogP contribution in [0.25, 0.3) is 0 Å². The predicted octanol–water partition coefficient (Wildman–Crippen LogP) is 2.00. The van der Waals surface area contributed by atoms with E-state index >= 15 is 0 Å². The highest BCUT2D eigenvalue weighted by atomic mass is 16.5. The molecule has 1 unspecified atom stereocenters. The normalized spacial score (nSPS) is 22.7. The molecule has 0 radical (unpaired) electrons. The fraction of sp³-hybridized carbons (Fsp3) is 0.471. The van der Waals surface area contributed by atoms with Gasteiger partial charge < -0.3 is 14.4 Å². The first-order valence-electron chi connectivity index (χ1n) is 7.98. The number of pyridine rings is 1. The zero-order chi connectivity index (χ0) is 15.7. The lowest BCUT2D eigenvalue weighted by Crippen LogP contribution is -2.66. The summed E-state index contributed by atoms with van der Waals surface area (Å²) in [5.74, 6) is 1.75. The Kier molecular flexibility index (Phi) is 3.61. The highest BCUT2D eigenvalue weighted by molar-refractivity contribution is 5.43. The van der Waals surface area contributed by atoms with Gasteiger partial charge in [-0.05, 0) is 31.2 Å². The van der Waals surface area contributed by atoms with Gasteiger partial charge in [0.2, 0.25) is 0 Å². The Morgan fingerprint density at radius 3 is 2.91 bits per heavy atom. The third kappa shape index (κ3) is 2.99. The molecule has 0 bridgehead atoms.